The van der Waals surface area contributed by atoms with Gasteiger partial charge < -0.3 is 10.2 Å². The molecule has 1 amide bonds. The van der Waals surface area contributed by atoms with Crippen LogP contribution in [-0.4, -0.2) is 67.2 Å². The van der Waals surface area contributed by atoms with Crippen molar-refractivity contribution < 1.29 is 18.0 Å². The lowest BCUT2D eigenvalue weighted by Gasteiger charge is -2.25. The molecule has 2 atom stereocenters. The molecule has 2 rings (SSSR count). The third kappa shape index (κ3) is 7.03. The van der Waals surface area contributed by atoms with Crippen LogP contribution in [-0.2, 0) is 4.79 Å². The van der Waals surface area contributed by atoms with Crippen LogP contribution in [0.4, 0.5) is 13.2 Å². The highest BCUT2D eigenvalue weighted by atomic mass is 35.5. The van der Waals surface area contributed by atoms with Gasteiger partial charge in [0, 0.05) is 19.6 Å². The Labute approximate surface area is 148 Å². The summed E-state index contributed by atoms with van der Waals surface area (Å²) >= 11 is 0. The maximum Gasteiger partial charge on any atom is 0.401 e. The molecule has 2 fully saturated rings. The van der Waals surface area contributed by atoms with Gasteiger partial charge in [-0.2, -0.15) is 13.2 Å². The molecule has 0 aromatic carbocycles. The molecule has 1 N–H and O–H groups in total. The van der Waals surface area contributed by atoms with Crippen molar-refractivity contribution in [1.82, 2.24) is 15.1 Å². The van der Waals surface area contributed by atoms with Crippen molar-refractivity contribution in [3.63, 3.8) is 0 Å². The molecule has 0 saturated carbocycles. The smallest absolute Gasteiger partial charge is 0.341 e. The molecular formula is C14H26Cl2F3N3O. The number of amides is 1. The van der Waals surface area contributed by atoms with E-state index in [9.17, 15) is 18.0 Å². The van der Waals surface area contributed by atoms with Crippen molar-refractivity contribution in [2.45, 2.75) is 38.4 Å². The first-order valence-electron chi connectivity index (χ1n) is 7.70. The number of hydrogen-bond acceptors (Lipinski definition) is 3. The Hall–Kier alpha value is -0.240. The zero-order chi connectivity index (χ0) is 15.5. The summed E-state index contributed by atoms with van der Waals surface area (Å²) in [5, 5.41) is 3.18. The molecule has 2 saturated heterocycles. The van der Waals surface area contributed by atoms with E-state index in [1.54, 1.807) is 6.92 Å². The van der Waals surface area contributed by atoms with Gasteiger partial charge in [-0.15, -0.1) is 24.8 Å². The summed E-state index contributed by atoms with van der Waals surface area (Å²) in [5.41, 5.74) is 0. The maximum atomic E-state index is 12.5. The maximum absolute atomic E-state index is 12.5. The first-order chi connectivity index (χ1) is 9.89. The minimum atomic E-state index is -4.15. The van der Waals surface area contributed by atoms with E-state index in [4.69, 9.17) is 0 Å². The van der Waals surface area contributed by atoms with Crippen molar-refractivity contribution >= 4 is 30.7 Å². The summed E-state index contributed by atoms with van der Waals surface area (Å²) in [6.45, 7) is 3.82. The molecule has 138 valence electrons. The van der Waals surface area contributed by atoms with E-state index in [0.29, 0.717) is 26.2 Å². The lowest BCUT2D eigenvalue weighted by molar-refractivity contribution is -0.146. The van der Waals surface area contributed by atoms with E-state index in [0.717, 1.165) is 25.8 Å². The number of nitrogens with zero attached hydrogens (tertiary/aromatic N) is 2. The van der Waals surface area contributed by atoms with E-state index >= 15 is 0 Å². The fourth-order valence-electron chi connectivity index (χ4n) is 3.22. The molecule has 2 aliphatic heterocycles. The molecule has 0 aromatic heterocycles. The Morgan fingerprint density at radius 3 is 2.52 bits per heavy atom. The van der Waals surface area contributed by atoms with Gasteiger partial charge in [0.05, 0.1) is 12.6 Å². The van der Waals surface area contributed by atoms with Gasteiger partial charge in [0.1, 0.15) is 0 Å². The van der Waals surface area contributed by atoms with Crippen LogP contribution < -0.4 is 5.32 Å². The summed E-state index contributed by atoms with van der Waals surface area (Å²) in [6, 6.07) is -0.0822. The monoisotopic (exact) mass is 379 g/mol. The second-order valence-corrected chi connectivity index (χ2v) is 6.03. The van der Waals surface area contributed by atoms with Crippen molar-refractivity contribution in [2.75, 3.05) is 39.3 Å². The standard InChI is InChI=1S/C14H24F3N3O.2ClH/c1-2-19(10-14(15,16)17)8-11-5-7-20(9-11)13(21)12-4-3-6-18-12;;/h11-12,18H,2-10H2,1H3;2*1H. The Morgan fingerprint density at radius 2 is 2.00 bits per heavy atom. The van der Waals surface area contributed by atoms with E-state index in [1.807, 2.05) is 4.90 Å². The molecule has 2 aliphatic rings. The molecule has 9 heteroatoms. The Bertz CT molecular complexity index is 366. The van der Waals surface area contributed by atoms with Crippen LogP contribution in [0.1, 0.15) is 26.2 Å². The van der Waals surface area contributed by atoms with Gasteiger partial charge in [-0.1, -0.05) is 6.92 Å². The van der Waals surface area contributed by atoms with Gasteiger partial charge in [0.2, 0.25) is 5.91 Å². The van der Waals surface area contributed by atoms with Crippen LogP contribution in [0.15, 0.2) is 0 Å². The normalized spacial score (nSPS) is 24.5. The summed E-state index contributed by atoms with van der Waals surface area (Å²) < 4.78 is 37.4. The van der Waals surface area contributed by atoms with Gasteiger partial charge in [-0.25, -0.2) is 0 Å². The molecule has 0 radical (unpaired) electrons. The first kappa shape index (κ1) is 22.8. The average molecular weight is 380 g/mol. The summed E-state index contributed by atoms with van der Waals surface area (Å²) in [6.07, 6.45) is -1.47. The van der Waals surface area contributed by atoms with Crippen LogP contribution >= 0.6 is 24.8 Å². The van der Waals surface area contributed by atoms with Crippen molar-refractivity contribution in [2.24, 2.45) is 5.92 Å². The lowest BCUT2D eigenvalue weighted by atomic mass is 10.1. The van der Waals surface area contributed by atoms with Crippen LogP contribution in [0.25, 0.3) is 0 Å². The highest BCUT2D eigenvalue weighted by molar-refractivity contribution is 5.85. The summed E-state index contributed by atoms with van der Waals surface area (Å²) in [7, 11) is 0. The molecule has 0 aromatic rings. The molecule has 2 unspecified atom stereocenters. The quantitative estimate of drug-likeness (QED) is 0.795. The Kier molecular flexibility index (Phi) is 9.81. The largest absolute Gasteiger partial charge is 0.401 e. The highest BCUT2D eigenvalue weighted by Gasteiger charge is 2.35. The number of likely N-dealkylation sites (tertiary alicyclic amines) is 1. The predicted molar refractivity (Wildman–Crippen MR) is 88.4 cm³/mol. The first-order valence-corrected chi connectivity index (χ1v) is 7.70. The number of rotatable bonds is 5. The zero-order valence-electron chi connectivity index (χ0n) is 13.3. The van der Waals surface area contributed by atoms with Gasteiger partial charge >= 0.3 is 6.18 Å². The van der Waals surface area contributed by atoms with Gasteiger partial charge in [-0.05, 0) is 38.3 Å². The Morgan fingerprint density at radius 1 is 1.30 bits per heavy atom. The highest BCUT2D eigenvalue weighted by Crippen LogP contribution is 2.22. The van der Waals surface area contributed by atoms with Crippen LogP contribution in [0.5, 0.6) is 0 Å². The molecule has 0 aliphatic carbocycles. The third-order valence-corrected chi connectivity index (χ3v) is 4.32. The Balaban J connectivity index is 0.00000242. The number of halogens is 5. The fraction of sp³-hybridized carbons (Fsp3) is 0.929. The fourth-order valence-corrected chi connectivity index (χ4v) is 3.22. The van der Waals surface area contributed by atoms with Crippen LogP contribution in [0.2, 0.25) is 0 Å². The molecule has 0 bridgehead atoms. The van der Waals surface area contributed by atoms with E-state index in [1.165, 1.54) is 4.90 Å². The van der Waals surface area contributed by atoms with E-state index < -0.39 is 12.7 Å². The summed E-state index contributed by atoms with van der Waals surface area (Å²) in [4.78, 5) is 15.5. The molecule has 23 heavy (non-hydrogen) atoms. The topological polar surface area (TPSA) is 35.6 Å². The van der Waals surface area contributed by atoms with E-state index in [-0.39, 0.29) is 42.7 Å². The SMILES string of the molecule is CCN(CC1CCN(C(=O)C2CCCN2)C1)CC(F)(F)F.Cl.Cl. The molecular weight excluding hydrogens is 354 g/mol. The van der Waals surface area contributed by atoms with E-state index in [2.05, 4.69) is 5.32 Å². The third-order valence-electron chi connectivity index (χ3n) is 4.32. The minimum absolute atomic E-state index is 0. The van der Waals surface area contributed by atoms with Crippen molar-refractivity contribution in [3.05, 3.63) is 0 Å². The second-order valence-electron chi connectivity index (χ2n) is 6.03. The zero-order valence-corrected chi connectivity index (χ0v) is 14.9. The number of hydrogen-bond donors (Lipinski definition) is 1. The van der Waals surface area contributed by atoms with Crippen molar-refractivity contribution in [1.29, 1.82) is 0 Å². The number of carbonyl (C=O) groups excluding carboxylic acids is 1. The lowest BCUT2D eigenvalue weighted by Crippen LogP contribution is -2.43. The van der Waals surface area contributed by atoms with Crippen molar-refractivity contribution in [3.8, 4) is 0 Å². The number of nitrogens with one attached hydrogen (secondary N) is 1. The van der Waals surface area contributed by atoms with Crippen LogP contribution in [0, 0.1) is 5.92 Å². The average Bonchev–Trinajstić information content (AvgIpc) is 3.06. The van der Waals surface area contributed by atoms with Gasteiger partial charge in [0.15, 0.2) is 0 Å². The van der Waals surface area contributed by atoms with Crippen LogP contribution in [0.3, 0.4) is 0 Å². The molecule has 0 spiro atoms. The minimum Gasteiger partial charge on any atom is -0.341 e. The summed E-state index contributed by atoms with van der Waals surface area (Å²) in [5.74, 6) is 0.270. The second kappa shape index (κ2) is 9.91. The molecule has 4 nitrogen and oxygen atoms in total. The number of carbonyl (C=O) groups is 1. The van der Waals surface area contributed by atoms with Gasteiger partial charge in [-0.3, -0.25) is 9.69 Å². The molecule has 2 heterocycles. The number of alkyl halides is 3. The van der Waals surface area contributed by atoms with Gasteiger partial charge in [0.25, 0.3) is 0 Å². The predicted octanol–water partition coefficient (Wildman–Crippen LogP) is 2.31.